The summed E-state index contributed by atoms with van der Waals surface area (Å²) in [4.78, 5) is 12.1. The molecule has 2 fully saturated rings. The number of rotatable bonds is 4. The molecule has 0 spiro atoms. The van der Waals surface area contributed by atoms with E-state index in [-0.39, 0.29) is 5.57 Å². The van der Waals surface area contributed by atoms with E-state index in [0.717, 1.165) is 13.4 Å². The van der Waals surface area contributed by atoms with Crippen LogP contribution in [0.5, 0.6) is 0 Å². The Morgan fingerprint density at radius 3 is 2.41 bits per heavy atom. The lowest BCUT2D eigenvalue weighted by Crippen LogP contribution is -2.62. The minimum Gasteiger partial charge on any atom is -0.471 e. The van der Waals surface area contributed by atoms with Gasteiger partial charge in [0, 0.05) is 6.42 Å². The molecule has 29 heavy (non-hydrogen) atoms. The summed E-state index contributed by atoms with van der Waals surface area (Å²) in [6.45, 7) is 0.528. The minimum atomic E-state index is -2.09. The second kappa shape index (κ2) is 7.72. The van der Waals surface area contributed by atoms with Crippen molar-refractivity contribution >= 4 is 5.97 Å². The maximum absolute atomic E-state index is 12.1. The zero-order valence-corrected chi connectivity index (χ0v) is 15.8. The van der Waals surface area contributed by atoms with Crippen molar-refractivity contribution in [1.29, 1.82) is 0 Å². The standard InChI is InChI=1S/C17H26O12/c1-16(24)8(19)3-17(25)6(13(23)26-2)5-27-15(12(16)17)29-14-11(22)10(21)9(20)7(4-18)28-14/h5,7-12,14-15,18-22,24-25H,3-4H2,1-2H3/t7-,8+,9-,10+,11-,12-,14-,15+,16+,17+/m1/s1. The van der Waals surface area contributed by atoms with Crippen LogP contribution in [0.25, 0.3) is 0 Å². The summed E-state index contributed by atoms with van der Waals surface area (Å²) in [7, 11) is 1.08. The molecular weight excluding hydrogens is 396 g/mol. The molecular formula is C17H26O12. The highest BCUT2D eigenvalue weighted by molar-refractivity contribution is 5.91. The van der Waals surface area contributed by atoms with E-state index >= 15 is 0 Å². The maximum atomic E-state index is 12.1. The van der Waals surface area contributed by atoms with Crippen molar-refractivity contribution < 1.29 is 59.5 Å². The first-order valence-electron chi connectivity index (χ1n) is 9.02. The molecule has 1 saturated heterocycles. The van der Waals surface area contributed by atoms with Crippen molar-refractivity contribution in [1.82, 2.24) is 0 Å². The van der Waals surface area contributed by atoms with Crippen LogP contribution in [0.2, 0.25) is 0 Å². The van der Waals surface area contributed by atoms with Crippen LogP contribution in [0.15, 0.2) is 11.8 Å². The Morgan fingerprint density at radius 1 is 1.17 bits per heavy atom. The summed E-state index contributed by atoms with van der Waals surface area (Å²) < 4.78 is 20.7. The Bertz CT molecular complexity index is 663. The molecule has 12 nitrogen and oxygen atoms in total. The lowest BCUT2D eigenvalue weighted by atomic mass is 9.77. The smallest absolute Gasteiger partial charge is 0.339 e. The Hall–Kier alpha value is -1.35. The fourth-order valence-electron chi connectivity index (χ4n) is 4.17. The number of methoxy groups -OCH3 is 1. The zero-order chi connectivity index (χ0) is 21.7. The second-order valence-corrected chi connectivity index (χ2v) is 7.71. The van der Waals surface area contributed by atoms with Gasteiger partial charge in [-0.1, -0.05) is 0 Å². The molecule has 0 unspecified atom stereocenters. The van der Waals surface area contributed by atoms with Crippen molar-refractivity contribution in [2.24, 2.45) is 5.92 Å². The average molecular weight is 422 g/mol. The molecule has 1 aliphatic carbocycles. The molecule has 1 saturated carbocycles. The highest BCUT2D eigenvalue weighted by Gasteiger charge is 2.67. The number of ether oxygens (including phenoxy) is 4. The molecule has 3 aliphatic rings. The number of aliphatic hydroxyl groups is 7. The monoisotopic (exact) mass is 422 g/mol. The largest absolute Gasteiger partial charge is 0.471 e. The third-order valence-electron chi connectivity index (χ3n) is 5.90. The topological polar surface area (TPSA) is 196 Å². The first-order chi connectivity index (χ1) is 13.5. The van der Waals surface area contributed by atoms with Crippen LogP contribution in [-0.4, -0.2) is 110 Å². The van der Waals surface area contributed by atoms with E-state index in [1.165, 1.54) is 6.92 Å². The van der Waals surface area contributed by atoms with Crippen LogP contribution in [0, 0.1) is 5.92 Å². The minimum absolute atomic E-state index is 0.338. The molecule has 12 heteroatoms. The maximum Gasteiger partial charge on any atom is 0.339 e. The van der Waals surface area contributed by atoms with E-state index in [9.17, 15) is 40.5 Å². The van der Waals surface area contributed by atoms with Gasteiger partial charge >= 0.3 is 5.97 Å². The van der Waals surface area contributed by atoms with Crippen molar-refractivity contribution in [3.05, 3.63) is 11.8 Å². The van der Waals surface area contributed by atoms with Gasteiger partial charge in [-0.25, -0.2) is 4.79 Å². The Kier molecular flexibility index (Phi) is 5.95. The van der Waals surface area contributed by atoms with Crippen molar-refractivity contribution in [2.75, 3.05) is 13.7 Å². The molecule has 10 atom stereocenters. The van der Waals surface area contributed by atoms with Crippen LogP contribution in [-0.2, 0) is 23.7 Å². The van der Waals surface area contributed by atoms with Crippen LogP contribution in [0.4, 0.5) is 0 Å². The first kappa shape index (κ1) is 22.3. The number of fused-ring (bicyclic) bond motifs is 1. The molecule has 0 amide bonds. The third-order valence-corrected chi connectivity index (χ3v) is 5.90. The second-order valence-electron chi connectivity index (χ2n) is 7.71. The normalized spacial score (nSPS) is 49.8. The molecule has 0 aromatic carbocycles. The zero-order valence-electron chi connectivity index (χ0n) is 15.8. The molecule has 2 heterocycles. The Labute approximate surface area is 165 Å². The first-order valence-corrected chi connectivity index (χ1v) is 9.02. The summed E-state index contributed by atoms with van der Waals surface area (Å²) in [5.74, 6) is -2.36. The van der Waals surface area contributed by atoms with Crippen LogP contribution in [0.3, 0.4) is 0 Å². The summed E-state index contributed by atoms with van der Waals surface area (Å²) in [6.07, 6.45) is -10.5. The van der Waals surface area contributed by atoms with E-state index in [4.69, 9.17) is 14.2 Å². The number of esters is 1. The Balaban J connectivity index is 1.92. The molecule has 7 N–H and O–H groups in total. The van der Waals surface area contributed by atoms with Gasteiger partial charge < -0.3 is 54.7 Å². The molecule has 166 valence electrons. The van der Waals surface area contributed by atoms with E-state index < -0.39 is 79.2 Å². The molecule has 0 aromatic heterocycles. The van der Waals surface area contributed by atoms with Gasteiger partial charge in [0.05, 0.1) is 37.6 Å². The van der Waals surface area contributed by atoms with Gasteiger partial charge in [-0.05, 0) is 6.92 Å². The van der Waals surface area contributed by atoms with Gasteiger partial charge in [0.1, 0.15) is 35.6 Å². The average Bonchev–Trinajstić information content (AvgIpc) is 2.86. The predicted octanol–water partition coefficient (Wildman–Crippen LogP) is -3.92. The van der Waals surface area contributed by atoms with Gasteiger partial charge in [0.2, 0.25) is 6.29 Å². The van der Waals surface area contributed by atoms with Gasteiger partial charge in [-0.3, -0.25) is 0 Å². The quantitative estimate of drug-likeness (QED) is 0.218. The number of carbonyl (C=O) groups is 1. The Morgan fingerprint density at radius 2 is 1.83 bits per heavy atom. The predicted molar refractivity (Wildman–Crippen MR) is 89.5 cm³/mol. The van der Waals surface area contributed by atoms with Gasteiger partial charge in [-0.15, -0.1) is 0 Å². The lowest BCUT2D eigenvalue weighted by molar-refractivity contribution is -0.352. The van der Waals surface area contributed by atoms with Crippen LogP contribution in [0.1, 0.15) is 13.3 Å². The highest BCUT2D eigenvalue weighted by atomic mass is 16.8. The molecule has 0 radical (unpaired) electrons. The van der Waals surface area contributed by atoms with Gasteiger partial charge in [0.15, 0.2) is 6.29 Å². The van der Waals surface area contributed by atoms with Crippen LogP contribution < -0.4 is 0 Å². The number of carbonyl (C=O) groups excluding carboxylic acids is 1. The number of aliphatic hydroxyl groups excluding tert-OH is 5. The summed E-state index contributed by atoms with van der Waals surface area (Å²) in [5.41, 5.74) is -4.41. The fourth-order valence-corrected chi connectivity index (χ4v) is 4.17. The van der Waals surface area contributed by atoms with Crippen molar-refractivity contribution in [3.8, 4) is 0 Å². The molecule has 2 aliphatic heterocycles. The van der Waals surface area contributed by atoms with E-state index in [0.29, 0.717) is 0 Å². The van der Waals surface area contributed by atoms with Crippen molar-refractivity contribution in [3.63, 3.8) is 0 Å². The number of hydrogen-bond donors (Lipinski definition) is 7. The van der Waals surface area contributed by atoms with E-state index in [1.807, 2.05) is 0 Å². The lowest BCUT2D eigenvalue weighted by Gasteiger charge is -2.46. The summed E-state index contributed by atoms with van der Waals surface area (Å²) in [5, 5.41) is 71.4. The SMILES string of the molecule is COC(=O)C1=CO[C@@H](O[C@H]2O[C@H](CO)[C@@H](O)[C@H](O)[C@H]2O)[C@@H]2[C@@](C)(O)[C@@H](O)C[C@]12O. The number of hydrogen-bond acceptors (Lipinski definition) is 12. The van der Waals surface area contributed by atoms with Gasteiger partial charge in [0.25, 0.3) is 0 Å². The van der Waals surface area contributed by atoms with Crippen LogP contribution >= 0.6 is 0 Å². The van der Waals surface area contributed by atoms with Crippen molar-refractivity contribution in [2.45, 2.75) is 67.6 Å². The highest BCUT2D eigenvalue weighted by Crippen LogP contribution is 2.52. The van der Waals surface area contributed by atoms with E-state index in [2.05, 4.69) is 4.74 Å². The molecule has 0 aromatic rings. The molecule has 0 bridgehead atoms. The summed E-state index contributed by atoms with van der Waals surface area (Å²) >= 11 is 0. The summed E-state index contributed by atoms with van der Waals surface area (Å²) in [6, 6.07) is 0. The third kappa shape index (κ3) is 3.44. The molecule has 3 rings (SSSR count). The fraction of sp³-hybridized carbons (Fsp3) is 0.824. The van der Waals surface area contributed by atoms with E-state index in [1.54, 1.807) is 0 Å². The van der Waals surface area contributed by atoms with Gasteiger partial charge in [-0.2, -0.15) is 0 Å².